The summed E-state index contributed by atoms with van der Waals surface area (Å²) < 4.78 is 9.89. The first-order chi connectivity index (χ1) is 8.04. The lowest BCUT2D eigenvalue weighted by atomic mass is 9.96. The summed E-state index contributed by atoms with van der Waals surface area (Å²) in [6, 6.07) is 0. The van der Waals surface area contributed by atoms with Crippen LogP contribution in [0.25, 0.3) is 0 Å². The van der Waals surface area contributed by atoms with Crippen molar-refractivity contribution in [3.63, 3.8) is 0 Å². The van der Waals surface area contributed by atoms with Crippen LogP contribution in [0.4, 0.5) is 0 Å². The number of methoxy groups -OCH3 is 1. The molecule has 1 atom stereocenters. The predicted molar refractivity (Wildman–Crippen MR) is 72.3 cm³/mol. The Morgan fingerprint density at radius 1 is 1.35 bits per heavy atom. The summed E-state index contributed by atoms with van der Waals surface area (Å²) in [7, 11) is 1.71. The van der Waals surface area contributed by atoms with Gasteiger partial charge in [-0.1, -0.05) is 6.42 Å². The van der Waals surface area contributed by atoms with Crippen LogP contribution in [0.3, 0.4) is 0 Å². The van der Waals surface area contributed by atoms with Crippen molar-refractivity contribution in [1.82, 2.24) is 0 Å². The highest BCUT2D eigenvalue weighted by molar-refractivity contribution is 7.99. The van der Waals surface area contributed by atoms with Crippen molar-refractivity contribution in [1.29, 1.82) is 0 Å². The van der Waals surface area contributed by atoms with Crippen molar-refractivity contribution in [2.24, 2.45) is 5.73 Å². The highest BCUT2D eigenvalue weighted by atomic mass is 32.2. The fourth-order valence-electron chi connectivity index (χ4n) is 1.34. The quantitative estimate of drug-likeness (QED) is 0.481. The number of nitrogens with two attached hydrogens (primary N) is 1. The van der Waals surface area contributed by atoms with Crippen LogP contribution in [0.5, 0.6) is 0 Å². The van der Waals surface area contributed by atoms with Crippen LogP contribution in [0.15, 0.2) is 0 Å². The van der Waals surface area contributed by atoms with Crippen LogP contribution in [-0.2, 0) is 14.3 Å². The van der Waals surface area contributed by atoms with Gasteiger partial charge in [0, 0.05) is 12.9 Å². The third kappa shape index (κ3) is 8.46. The van der Waals surface area contributed by atoms with Crippen LogP contribution in [0.1, 0.15) is 33.1 Å². The SMILES string of the molecule is CCOC(=O)C(C)(N)CCCCSCCOC. The molecule has 0 amide bonds. The molecule has 0 radical (unpaired) electrons. The number of hydrogen-bond acceptors (Lipinski definition) is 5. The molecule has 1 unspecified atom stereocenters. The molecule has 0 spiro atoms. The Morgan fingerprint density at radius 3 is 2.65 bits per heavy atom. The molecule has 0 aromatic carbocycles. The second-order valence-corrected chi connectivity index (χ2v) is 5.42. The van der Waals surface area contributed by atoms with E-state index in [0.29, 0.717) is 13.0 Å². The molecule has 102 valence electrons. The van der Waals surface area contributed by atoms with E-state index in [0.717, 1.165) is 31.0 Å². The second kappa shape index (κ2) is 9.74. The summed E-state index contributed by atoms with van der Waals surface area (Å²) >= 11 is 1.87. The maximum atomic E-state index is 11.5. The second-order valence-electron chi connectivity index (χ2n) is 4.20. The molecular weight excluding hydrogens is 238 g/mol. The number of hydrogen-bond donors (Lipinski definition) is 1. The van der Waals surface area contributed by atoms with Gasteiger partial charge in [0.15, 0.2) is 0 Å². The highest BCUT2D eigenvalue weighted by Gasteiger charge is 2.28. The molecule has 0 aromatic rings. The van der Waals surface area contributed by atoms with E-state index < -0.39 is 5.54 Å². The van der Waals surface area contributed by atoms with Gasteiger partial charge in [0.1, 0.15) is 5.54 Å². The highest BCUT2D eigenvalue weighted by Crippen LogP contribution is 2.14. The van der Waals surface area contributed by atoms with E-state index >= 15 is 0 Å². The molecule has 0 fully saturated rings. The largest absolute Gasteiger partial charge is 0.465 e. The van der Waals surface area contributed by atoms with Gasteiger partial charge in [-0.2, -0.15) is 11.8 Å². The number of carbonyl (C=O) groups is 1. The zero-order chi connectivity index (χ0) is 13.1. The summed E-state index contributed by atoms with van der Waals surface area (Å²) in [4.78, 5) is 11.5. The Hall–Kier alpha value is -0.260. The van der Waals surface area contributed by atoms with Gasteiger partial charge in [-0.15, -0.1) is 0 Å². The number of carbonyl (C=O) groups excluding carboxylic acids is 1. The van der Waals surface area contributed by atoms with E-state index in [4.69, 9.17) is 15.2 Å². The predicted octanol–water partition coefficient (Wildman–Crippen LogP) is 1.82. The molecule has 0 saturated heterocycles. The molecule has 0 aromatic heterocycles. The molecule has 0 aliphatic carbocycles. The molecule has 4 nitrogen and oxygen atoms in total. The monoisotopic (exact) mass is 263 g/mol. The van der Waals surface area contributed by atoms with Crippen molar-refractivity contribution < 1.29 is 14.3 Å². The summed E-state index contributed by atoms with van der Waals surface area (Å²) in [6.45, 7) is 4.71. The van der Waals surface area contributed by atoms with Crippen LogP contribution in [0, 0.1) is 0 Å². The van der Waals surface area contributed by atoms with E-state index in [1.165, 1.54) is 0 Å². The number of rotatable bonds is 10. The minimum Gasteiger partial charge on any atom is -0.465 e. The lowest BCUT2D eigenvalue weighted by Gasteiger charge is -2.21. The van der Waals surface area contributed by atoms with Crippen molar-refractivity contribution in [2.45, 2.75) is 38.6 Å². The van der Waals surface area contributed by atoms with Crippen molar-refractivity contribution in [3.05, 3.63) is 0 Å². The molecule has 17 heavy (non-hydrogen) atoms. The lowest BCUT2D eigenvalue weighted by Crippen LogP contribution is -2.46. The Labute approximate surface area is 109 Å². The van der Waals surface area contributed by atoms with Crippen LogP contribution in [0.2, 0.25) is 0 Å². The molecule has 0 aliphatic rings. The Kier molecular flexibility index (Phi) is 9.59. The van der Waals surface area contributed by atoms with Gasteiger partial charge in [-0.3, -0.25) is 4.79 Å². The van der Waals surface area contributed by atoms with Crippen LogP contribution in [-0.4, -0.2) is 43.3 Å². The molecular formula is C12H25NO3S. The summed E-state index contributed by atoms with van der Waals surface area (Å²) in [5.74, 6) is 1.81. The topological polar surface area (TPSA) is 61.5 Å². The van der Waals surface area contributed by atoms with Gasteiger partial charge in [-0.25, -0.2) is 0 Å². The molecule has 0 aliphatic heterocycles. The van der Waals surface area contributed by atoms with Crippen LogP contribution < -0.4 is 5.73 Å². The Bertz CT molecular complexity index is 210. The molecule has 0 saturated carbocycles. The fourth-order valence-corrected chi connectivity index (χ4v) is 2.24. The average molecular weight is 263 g/mol. The molecule has 5 heteroatoms. The number of unbranched alkanes of at least 4 members (excludes halogenated alkanes) is 1. The van der Waals surface area contributed by atoms with E-state index in [2.05, 4.69) is 0 Å². The normalized spacial score (nSPS) is 14.4. The molecule has 0 bridgehead atoms. The van der Waals surface area contributed by atoms with Gasteiger partial charge in [-0.05, 0) is 32.4 Å². The van der Waals surface area contributed by atoms with Gasteiger partial charge >= 0.3 is 5.97 Å². The van der Waals surface area contributed by atoms with Crippen LogP contribution >= 0.6 is 11.8 Å². The molecule has 2 N–H and O–H groups in total. The van der Waals surface area contributed by atoms with Crippen molar-refractivity contribution in [3.8, 4) is 0 Å². The van der Waals surface area contributed by atoms with E-state index in [-0.39, 0.29) is 5.97 Å². The average Bonchev–Trinajstić information content (AvgIpc) is 2.28. The Balaban J connectivity index is 3.55. The molecule has 0 rings (SSSR count). The summed E-state index contributed by atoms with van der Waals surface area (Å²) in [6.07, 6.45) is 2.70. The maximum absolute atomic E-state index is 11.5. The minimum absolute atomic E-state index is 0.299. The standard InChI is InChI=1S/C12H25NO3S/c1-4-16-11(14)12(2,13)7-5-6-9-17-10-8-15-3/h4-10,13H2,1-3H3. The smallest absolute Gasteiger partial charge is 0.325 e. The number of esters is 1. The zero-order valence-corrected chi connectivity index (χ0v) is 12.0. The van der Waals surface area contributed by atoms with Gasteiger partial charge in [0.25, 0.3) is 0 Å². The first-order valence-electron chi connectivity index (χ1n) is 6.07. The maximum Gasteiger partial charge on any atom is 0.325 e. The van der Waals surface area contributed by atoms with Gasteiger partial charge in [0.2, 0.25) is 0 Å². The third-order valence-corrected chi connectivity index (χ3v) is 3.44. The number of thioether (sulfide) groups is 1. The number of ether oxygens (including phenoxy) is 2. The van der Waals surface area contributed by atoms with Gasteiger partial charge in [0.05, 0.1) is 13.2 Å². The first kappa shape index (κ1) is 16.7. The van der Waals surface area contributed by atoms with Gasteiger partial charge < -0.3 is 15.2 Å². The zero-order valence-electron chi connectivity index (χ0n) is 11.2. The van der Waals surface area contributed by atoms with Crippen molar-refractivity contribution >= 4 is 17.7 Å². The first-order valence-corrected chi connectivity index (χ1v) is 7.23. The van der Waals surface area contributed by atoms with Crippen molar-refractivity contribution in [2.75, 3.05) is 31.8 Å². The minimum atomic E-state index is -0.840. The third-order valence-electron chi connectivity index (χ3n) is 2.41. The van der Waals surface area contributed by atoms with E-state index in [1.54, 1.807) is 21.0 Å². The fraction of sp³-hybridized carbons (Fsp3) is 0.917. The van der Waals surface area contributed by atoms with E-state index in [9.17, 15) is 4.79 Å². The van der Waals surface area contributed by atoms with E-state index in [1.807, 2.05) is 11.8 Å². The Morgan fingerprint density at radius 2 is 2.06 bits per heavy atom. The molecule has 0 heterocycles. The summed E-state index contributed by atoms with van der Waals surface area (Å²) in [5.41, 5.74) is 5.07. The summed E-state index contributed by atoms with van der Waals surface area (Å²) in [5, 5.41) is 0. The lowest BCUT2D eigenvalue weighted by molar-refractivity contribution is -0.149.